The van der Waals surface area contributed by atoms with Crippen molar-refractivity contribution in [3.8, 4) is 10.6 Å². The van der Waals surface area contributed by atoms with Crippen LogP contribution in [-0.4, -0.2) is 58.0 Å². The maximum atomic E-state index is 13.1. The number of halogens is 1. The zero-order chi connectivity index (χ0) is 20.7. The number of amides is 2. The summed E-state index contributed by atoms with van der Waals surface area (Å²) in [5.74, 6) is -0.0923. The molecule has 3 heterocycles. The van der Waals surface area contributed by atoms with E-state index in [1.54, 1.807) is 34.4 Å². The number of H-pyrrole nitrogens is 1. The molecule has 6 nitrogen and oxygen atoms in total. The summed E-state index contributed by atoms with van der Waals surface area (Å²) in [6.45, 7) is 2.05. The van der Waals surface area contributed by atoms with Crippen LogP contribution in [0.4, 0.5) is 4.39 Å². The van der Waals surface area contributed by atoms with Crippen LogP contribution in [0.5, 0.6) is 0 Å². The van der Waals surface area contributed by atoms with Gasteiger partial charge in [0.05, 0.1) is 10.6 Å². The Bertz CT molecular complexity index is 1060. The lowest BCUT2D eigenvalue weighted by Gasteiger charge is -2.34. The summed E-state index contributed by atoms with van der Waals surface area (Å²) >= 11 is 1.59. The van der Waals surface area contributed by atoms with Crippen molar-refractivity contribution < 1.29 is 14.0 Å². The quantitative estimate of drug-likeness (QED) is 0.698. The van der Waals surface area contributed by atoms with Crippen LogP contribution in [0, 0.1) is 11.7 Å². The number of benzene rings is 1. The first-order chi connectivity index (χ1) is 14.6. The van der Waals surface area contributed by atoms with Crippen LogP contribution < -0.4 is 0 Å². The smallest absolute Gasteiger partial charge is 0.274 e. The number of piperazine rings is 1. The Labute approximate surface area is 177 Å². The number of nitrogens with one attached hydrogen (secondary N) is 1. The number of aromatic nitrogens is 2. The predicted octanol–water partition coefficient (Wildman–Crippen LogP) is 3.37. The molecule has 0 bridgehead atoms. The molecule has 8 heteroatoms. The minimum absolute atomic E-state index is 0.0302. The Balaban J connectivity index is 1.16. The molecule has 2 aromatic heterocycles. The first kappa shape index (κ1) is 19.0. The fourth-order valence-corrected chi connectivity index (χ4v) is 4.75. The fourth-order valence-electron chi connectivity index (χ4n) is 4.06. The summed E-state index contributed by atoms with van der Waals surface area (Å²) in [6, 6.07) is 12.1. The van der Waals surface area contributed by atoms with Gasteiger partial charge in [-0.1, -0.05) is 18.2 Å². The molecule has 1 saturated heterocycles. The molecule has 0 radical (unpaired) electrons. The third-order valence-corrected chi connectivity index (χ3v) is 6.77. The lowest BCUT2D eigenvalue weighted by molar-refractivity contribution is -0.134. The van der Waals surface area contributed by atoms with E-state index in [-0.39, 0.29) is 29.5 Å². The number of hydrogen-bond donors (Lipinski definition) is 1. The lowest BCUT2D eigenvalue weighted by Crippen LogP contribution is -2.51. The molecule has 1 N–H and O–H groups in total. The second-order valence-electron chi connectivity index (χ2n) is 7.76. The lowest BCUT2D eigenvalue weighted by atomic mass is 10.1. The summed E-state index contributed by atoms with van der Waals surface area (Å²) in [5.41, 5.74) is 2.25. The van der Waals surface area contributed by atoms with E-state index in [1.807, 2.05) is 22.4 Å². The molecule has 2 aliphatic rings. The van der Waals surface area contributed by atoms with Gasteiger partial charge in [0, 0.05) is 32.1 Å². The maximum Gasteiger partial charge on any atom is 0.274 e. The van der Waals surface area contributed by atoms with Crippen molar-refractivity contribution in [2.24, 2.45) is 5.92 Å². The van der Waals surface area contributed by atoms with Crippen molar-refractivity contribution in [1.82, 2.24) is 20.0 Å². The summed E-state index contributed by atoms with van der Waals surface area (Å²) in [4.78, 5) is 30.2. The van der Waals surface area contributed by atoms with E-state index in [0.29, 0.717) is 31.9 Å². The molecule has 1 aliphatic carbocycles. The molecule has 154 valence electrons. The number of thiophene rings is 1. The number of rotatable bonds is 4. The number of carbonyl (C=O) groups is 2. The number of nitrogens with zero attached hydrogens (tertiary/aromatic N) is 3. The third-order valence-electron chi connectivity index (χ3n) is 5.87. The molecule has 0 unspecified atom stereocenters. The van der Waals surface area contributed by atoms with Gasteiger partial charge in [-0.2, -0.15) is 5.10 Å². The van der Waals surface area contributed by atoms with Gasteiger partial charge in [-0.25, -0.2) is 4.39 Å². The average molecular weight is 425 g/mol. The van der Waals surface area contributed by atoms with E-state index in [0.717, 1.165) is 22.6 Å². The third kappa shape index (κ3) is 3.63. The van der Waals surface area contributed by atoms with Gasteiger partial charge in [-0.15, -0.1) is 11.3 Å². The zero-order valence-electron chi connectivity index (χ0n) is 16.3. The highest BCUT2D eigenvalue weighted by atomic mass is 32.1. The minimum Gasteiger partial charge on any atom is -0.339 e. The highest BCUT2D eigenvalue weighted by molar-refractivity contribution is 7.13. The Hall–Kier alpha value is -3.00. The Morgan fingerprint density at radius 1 is 1.07 bits per heavy atom. The fraction of sp³-hybridized carbons (Fsp3) is 0.318. The van der Waals surface area contributed by atoms with Gasteiger partial charge in [0.15, 0.2) is 5.69 Å². The molecule has 1 aliphatic heterocycles. The SMILES string of the molecule is O=C(c1cc(-c2cccs2)[nH]n1)N1CCN(C(=O)[C@H]2C[C@@H]2c2ccc(F)cc2)CC1. The second kappa shape index (κ2) is 7.68. The van der Waals surface area contributed by atoms with Gasteiger partial charge in [-0.05, 0) is 47.5 Å². The number of aromatic amines is 1. The Morgan fingerprint density at radius 3 is 2.50 bits per heavy atom. The van der Waals surface area contributed by atoms with E-state index in [1.165, 1.54) is 12.1 Å². The number of hydrogen-bond acceptors (Lipinski definition) is 4. The molecule has 1 aromatic carbocycles. The standard InChI is InChI=1S/C22H21FN4O2S/c23-15-5-3-14(4-6-15)16-12-17(16)21(28)26-7-9-27(10-8-26)22(29)19-13-18(24-25-19)20-2-1-11-30-20/h1-6,11,13,16-17H,7-10,12H2,(H,24,25)/t16-,17+/m1/s1. The largest absolute Gasteiger partial charge is 0.339 e. The van der Waals surface area contributed by atoms with Crippen LogP contribution in [0.15, 0.2) is 47.8 Å². The predicted molar refractivity (Wildman–Crippen MR) is 112 cm³/mol. The van der Waals surface area contributed by atoms with Crippen LogP contribution in [-0.2, 0) is 4.79 Å². The van der Waals surface area contributed by atoms with Crippen LogP contribution >= 0.6 is 11.3 Å². The molecular weight excluding hydrogens is 403 g/mol. The highest BCUT2D eigenvalue weighted by Crippen LogP contribution is 2.48. The minimum atomic E-state index is -0.262. The topological polar surface area (TPSA) is 69.3 Å². The molecule has 2 atom stereocenters. The van der Waals surface area contributed by atoms with Crippen molar-refractivity contribution in [2.75, 3.05) is 26.2 Å². The average Bonchev–Trinajstić information content (AvgIpc) is 3.16. The molecular formula is C22H21FN4O2S. The molecule has 2 amide bonds. The summed E-state index contributed by atoms with van der Waals surface area (Å²) < 4.78 is 13.1. The molecule has 5 rings (SSSR count). The normalized spacial score (nSPS) is 21.0. The van der Waals surface area contributed by atoms with Gasteiger partial charge in [-0.3, -0.25) is 14.7 Å². The van der Waals surface area contributed by atoms with Crippen molar-refractivity contribution in [3.05, 3.63) is 64.9 Å². The molecule has 2 fully saturated rings. The highest BCUT2D eigenvalue weighted by Gasteiger charge is 2.46. The van der Waals surface area contributed by atoms with Crippen LogP contribution in [0.25, 0.3) is 10.6 Å². The Kier molecular flexibility index (Phi) is 4.86. The molecule has 3 aromatic rings. The van der Waals surface area contributed by atoms with Crippen LogP contribution in [0.3, 0.4) is 0 Å². The van der Waals surface area contributed by atoms with E-state index < -0.39 is 0 Å². The first-order valence-corrected chi connectivity index (χ1v) is 10.9. The first-order valence-electron chi connectivity index (χ1n) is 10.0. The van der Waals surface area contributed by atoms with Gasteiger partial charge >= 0.3 is 0 Å². The maximum absolute atomic E-state index is 13.1. The zero-order valence-corrected chi connectivity index (χ0v) is 17.1. The van der Waals surface area contributed by atoms with Crippen molar-refractivity contribution in [2.45, 2.75) is 12.3 Å². The second-order valence-corrected chi connectivity index (χ2v) is 8.71. The van der Waals surface area contributed by atoms with Crippen LogP contribution in [0.1, 0.15) is 28.4 Å². The summed E-state index contributed by atoms with van der Waals surface area (Å²) in [5, 5.41) is 9.08. The number of carbonyl (C=O) groups excluding carboxylic acids is 2. The van der Waals surface area contributed by atoms with Crippen molar-refractivity contribution in [3.63, 3.8) is 0 Å². The molecule has 0 spiro atoms. The van der Waals surface area contributed by atoms with Gasteiger partial charge < -0.3 is 9.80 Å². The van der Waals surface area contributed by atoms with E-state index >= 15 is 0 Å². The van der Waals surface area contributed by atoms with E-state index in [4.69, 9.17) is 0 Å². The Morgan fingerprint density at radius 2 is 1.80 bits per heavy atom. The van der Waals surface area contributed by atoms with E-state index in [2.05, 4.69) is 10.2 Å². The van der Waals surface area contributed by atoms with Crippen molar-refractivity contribution in [1.29, 1.82) is 0 Å². The monoisotopic (exact) mass is 424 g/mol. The molecule has 30 heavy (non-hydrogen) atoms. The summed E-state index contributed by atoms with van der Waals surface area (Å²) in [7, 11) is 0. The van der Waals surface area contributed by atoms with Gasteiger partial charge in [0.2, 0.25) is 5.91 Å². The van der Waals surface area contributed by atoms with Gasteiger partial charge in [0.1, 0.15) is 5.82 Å². The summed E-state index contributed by atoms with van der Waals surface area (Å²) in [6.07, 6.45) is 0.808. The van der Waals surface area contributed by atoms with Gasteiger partial charge in [0.25, 0.3) is 5.91 Å². The van der Waals surface area contributed by atoms with Crippen LogP contribution in [0.2, 0.25) is 0 Å². The molecule has 1 saturated carbocycles. The van der Waals surface area contributed by atoms with E-state index in [9.17, 15) is 14.0 Å². The van der Waals surface area contributed by atoms with Crippen molar-refractivity contribution >= 4 is 23.2 Å².